The van der Waals surface area contributed by atoms with Crippen LogP contribution in [-0.4, -0.2) is 48.6 Å². The summed E-state index contributed by atoms with van der Waals surface area (Å²) in [5.74, 6) is 0.112. The lowest BCUT2D eigenvalue weighted by Gasteiger charge is -2.24. The number of carbonyl (C=O) groups is 1. The quantitative estimate of drug-likeness (QED) is 0.429. The molecular formula is C22H19F3N6OS. The van der Waals surface area contributed by atoms with Crippen LogP contribution >= 0.6 is 11.8 Å². The van der Waals surface area contributed by atoms with Gasteiger partial charge in [0.1, 0.15) is 5.82 Å². The first-order chi connectivity index (χ1) is 15.8. The number of carbonyl (C=O) groups excluding carboxylic acids is 1. The highest BCUT2D eigenvalue weighted by molar-refractivity contribution is 7.98. The van der Waals surface area contributed by atoms with E-state index in [1.54, 1.807) is 16.7 Å². The van der Waals surface area contributed by atoms with Crippen LogP contribution in [-0.2, 0) is 6.18 Å². The molecule has 4 aromatic rings. The van der Waals surface area contributed by atoms with Crippen molar-refractivity contribution >= 4 is 28.7 Å². The molecule has 0 radical (unpaired) electrons. The summed E-state index contributed by atoms with van der Waals surface area (Å²) < 4.78 is 40.3. The average Bonchev–Trinajstić information content (AvgIpc) is 3.57. The van der Waals surface area contributed by atoms with Gasteiger partial charge < -0.3 is 9.88 Å². The van der Waals surface area contributed by atoms with Crippen molar-refractivity contribution in [1.29, 1.82) is 0 Å². The van der Waals surface area contributed by atoms with Crippen molar-refractivity contribution in [2.75, 3.05) is 12.8 Å². The molecule has 1 aliphatic heterocycles. The van der Waals surface area contributed by atoms with E-state index in [0.29, 0.717) is 18.8 Å². The molecule has 0 aliphatic carbocycles. The highest BCUT2D eigenvalue weighted by Gasteiger charge is 2.36. The molecule has 1 saturated heterocycles. The van der Waals surface area contributed by atoms with Crippen LogP contribution < -0.4 is 0 Å². The highest BCUT2D eigenvalue weighted by Crippen LogP contribution is 2.36. The van der Waals surface area contributed by atoms with Gasteiger partial charge in [-0.1, -0.05) is 0 Å². The van der Waals surface area contributed by atoms with Gasteiger partial charge in [-0.25, -0.2) is 4.98 Å². The van der Waals surface area contributed by atoms with E-state index >= 15 is 0 Å². The van der Waals surface area contributed by atoms with Crippen LogP contribution in [0.3, 0.4) is 0 Å². The first-order valence-corrected chi connectivity index (χ1v) is 11.5. The zero-order valence-electron chi connectivity index (χ0n) is 17.5. The topological polar surface area (TPSA) is 79.7 Å². The summed E-state index contributed by atoms with van der Waals surface area (Å²) in [7, 11) is 0. The maximum Gasteiger partial charge on any atom is 0.416 e. The number of hydrogen-bond donors (Lipinski definition) is 1. The predicted molar refractivity (Wildman–Crippen MR) is 117 cm³/mol. The summed E-state index contributed by atoms with van der Waals surface area (Å²) in [6.45, 7) is 0.416. The number of benzene rings is 2. The van der Waals surface area contributed by atoms with Gasteiger partial charge in [0.15, 0.2) is 0 Å². The van der Waals surface area contributed by atoms with Crippen molar-refractivity contribution in [3.8, 4) is 5.69 Å². The van der Waals surface area contributed by atoms with E-state index in [4.69, 9.17) is 0 Å². The van der Waals surface area contributed by atoms with E-state index in [-0.39, 0.29) is 17.3 Å². The summed E-state index contributed by atoms with van der Waals surface area (Å²) in [5.41, 5.74) is 0.830. The predicted octanol–water partition coefficient (Wildman–Crippen LogP) is 4.86. The van der Waals surface area contributed by atoms with Crippen LogP contribution in [0, 0.1) is 0 Å². The molecule has 11 heteroatoms. The van der Waals surface area contributed by atoms with Gasteiger partial charge in [0.25, 0.3) is 5.91 Å². The maximum absolute atomic E-state index is 13.6. The van der Waals surface area contributed by atoms with Gasteiger partial charge in [-0.15, -0.1) is 11.8 Å². The molecule has 1 amide bonds. The van der Waals surface area contributed by atoms with Crippen molar-refractivity contribution in [2.24, 2.45) is 0 Å². The Kier molecular flexibility index (Phi) is 5.35. The standard InChI is InChI=1S/C22H19F3N6OS/c1-33-14-5-6-16-17(12-14)29-20(28-16)19-3-2-10-30(19)21(32)15-11-13(22(23,24)25)4-7-18(15)31-26-8-9-27-31/h4-9,11-12,19H,2-3,10H2,1H3,(H,28,29). The van der Waals surface area contributed by atoms with E-state index in [9.17, 15) is 18.0 Å². The summed E-state index contributed by atoms with van der Waals surface area (Å²) in [6.07, 6.45) is 1.59. The van der Waals surface area contributed by atoms with E-state index in [1.165, 1.54) is 18.5 Å². The number of imidazole rings is 1. The monoisotopic (exact) mass is 472 g/mol. The number of H-pyrrole nitrogens is 1. The molecule has 1 N–H and O–H groups in total. The van der Waals surface area contributed by atoms with E-state index < -0.39 is 17.6 Å². The van der Waals surface area contributed by atoms with Crippen molar-refractivity contribution in [2.45, 2.75) is 30.0 Å². The molecule has 1 fully saturated rings. The molecule has 1 unspecified atom stereocenters. The minimum absolute atomic E-state index is 0.103. The van der Waals surface area contributed by atoms with Gasteiger partial charge in [0, 0.05) is 11.4 Å². The Morgan fingerprint density at radius 1 is 1.15 bits per heavy atom. The largest absolute Gasteiger partial charge is 0.416 e. The Morgan fingerprint density at radius 3 is 2.67 bits per heavy atom. The van der Waals surface area contributed by atoms with Crippen LogP contribution in [0.2, 0.25) is 0 Å². The molecule has 1 atom stereocenters. The number of nitrogens with zero attached hydrogens (tertiary/aromatic N) is 5. The fourth-order valence-electron chi connectivity index (χ4n) is 4.14. The average molecular weight is 472 g/mol. The van der Waals surface area contributed by atoms with Gasteiger partial charge in [-0.3, -0.25) is 4.79 Å². The molecule has 0 bridgehead atoms. The molecule has 1 aliphatic rings. The number of thioether (sulfide) groups is 1. The molecule has 2 aromatic carbocycles. The minimum atomic E-state index is -4.58. The third-order valence-electron chi connectivity index (χ3n) is 5.73. The molecule has 5 rings (SSSR count). The van der Waals surface area contributed by atoms with Crippen molar-refractivity contribution in [3.63, 3.8) is 0 Å². The third kappa shape index (κ3) is 3.97. The minimum Gasteiger partial charge on any atom is -0.340 e. The van der Waals surface area contributed by atoms with Gasteiger partial charge in [-0.05, 0) is 55.5 Å². The van der Waals surface area contributed by atoms with Crippen LogP contribution in [0.25, 0.3) is 16.7 Å². The van der Waals surface area contributed by atoms with E-state index in [2.05, 4.69) is 20.2 Å². The van der Waals surface area contributed by atoms with Crippen molar-refractivity contribution < 1.29 is 18.0 Å². The second-order valence-corrected chi connectivity index (χ2v) is 8.59. The third-order valence-corrected chi connectivity index (χ3v) is 6.45. The molecule has 0 saturated carbocycles. The van der Waals surface area contributed by atoms with E-state index in [1.807, 2.05) is 24.5 Å². The van der Waals surface area contributed by atoms with Crippen molar-refractivity contribution in [1.82, 2.24) is 29.9 Å². The summed E-state index contributed by atoms with van der Waals surface area (Å²) in [4.78, 5) is 25.4. The molecule has 3 heterocycles. The highest BCUT2D eigenvalue weighted by atomic mass is 32.2. The van der Waals surface area contributed by atoms with Crippen LogP contribution in [0.4, 0.5) is 13.2 Å². The lowest BCUT2D eigenvalue weighted by molar-refractivity contribution is -0.137. The molecule has 7 nitrogen and oxygen atoms in total. The number of fused-ring (bicyclic) bond motifs is 1. The normalized spacial score (nSPS) is 16.6. The van der Waals surface area contributed by atoms with Gasteiger partial charge in [-0.2, -0.15) is 28.2 Å². The lowest BCUT2D eigenvalue weighted by atomic mass is 10.1. The van der Waals surface area contributed by atoms with E-state index in [0.717, 1.165) is 39.3 Å². The molecule has 2 aromatic heterocycles. The van der Waals surface area contributed by atoms with Crippen LogP contribution in [0.5, 0.6) is 0 Å². The fourth-order valence-corrected chi connectivity index (χ4v) is 4.58. The number of aromatic amines is 1. The summed E-state index contributed by atoms with van der Waals surface area (Å²) in [6, 6.07) is 8.55. The van der Waals surface area contributed by atoms with Crippen molar-refractivity contribution in [3.05, 3.63) is 65.7 Å². The van der Waals surface area contributed by atoms with Crippen LogP contribution in [0.15, 0.2) is 53.7 Å². The Bertz CT molecular complexity index is 1320. The smallest absolute Gasteiger partial charge is 0.340 e. The molecule has 0 spiro atoms. The molecule has 33 heavy (non-hydrogen) atoms. The van der Waals surface area contributed by atoms with Gasteiger partial charge in [0.2, 0.25) is 0 Å². The SMILES string of the molecule is CSc1ccc2nc(C3CCCN3C(=O)c3cc(C(F)(F)F)ccc3-n3nccn3)[nH]c2c1. The first kappa shape index (κ1) is 21.5. The van der Waals surface area contributed by atoms with Crippen LogP contribution in [0.1, 0.15) is 40.6 Å². The lowest BCUT2D eigenvalue weighted by Crippen LogP contribution is -2.32. The zero-order valence-corrected chi connectivity index (χ0v) is 18.3. The fraction of sp³-hybridized carbons (Fsp3) is 0.273. The second kappa shape index (κ2) is 8.22. The van der Waals surface area contributed by atoms with Gasteiger partial charge in [0.05, 0.1) is 46.3 Å². The number of halogens is 3. The Labute approximate surface area is 191 Å². The number of hydrogen-bond acceptors (Lipinski definition) is 5. The zero-order chi connectivity index (χ0) is 23.2. The summed E-state index contributed by atoms with van der Waals surface area (Å²) in [5, 5.41) is 8.01. The Morgan fingerprint density at radius 2 is 1.94 bits per heavy atom. The number of nitrogens with one attached hydrogen (secondary N) is 1. The summed E-state index contributed by atoms with van der Waals surface area (Å²) >= 11 is 1.61. The Hall–Kier alpha value is -3.34. The van der Waals surface area contributed by atoms with Gasteiger partial charge >= 0.3 is 6.18 Å². The first-order valence-electron chi connectivity index (χ1n) is 10.3. The number of amides is 1. The molecule has 170 valence electrons. The number of likely N-dealkylation sites (tertiary alicyclic amines) is 1. The Balaban J connectivity index is 1.54. The number of aromatic nitrogens is 5. The number of rotatable bonds is 4. The molecular weight excluding hydrogens is 453 g/mol. The second-order valence-electron chi connectivity index (χ2n) is 7.71. The number of alkyl halides is 3. The maximum atomic E-state index is 13.6.